The number of likely N-dealkylation sites (tertiary alicyclic amines) is 1. The number of esters is 1. The largest absolute Gasteiger partial charge is 0.481 e. The third-order valence-electron chi connectivity index (χ3n) is 3.77. The Morgan fingerprint density at radius 3 is 2.58 bits per heavy atom. The average molecular weight is 375 g/mol. The van der Waals surface area contributed by atoms with Crippen LogP contribution in [0, 0.1) is 5.92 Å². The van der Waals surface area contributed by atoms with Crippen LogP contribution in [0.5, 0.6) is 0 Å². The molecule has 1 aliphatic heterocycles. The Morgan fingerprint density at radius 2 is 1.96 bits per heavy atom. The minimum absolute atomic E-state index is 0.0621. The molecular weight excluding hydrogens is 359 g/mol. The molecule has 130 valence electrons. The monoisotopic (exact) mass is 374 g/mol. The predicted octanol–water partition coefficient (Wildman–Crippen LogP) is 3.11. The molecule has 2 amide bonds. The number of nitrogens with one attached hydrogen (secondary N) is 1. The van der Waals surface area contributed by atoms with Gasteiger partial charge >= 0.3 is 18.0 Å². The lowest BCUT2D eigenvalue weighted by Gasteiger charge is -2.30. The molecule has 1 unspecified atom stereocenters. The van der Waals surface area contributed by atoms with Crippen LogP contribution < -0.4 is 5.32 Å². The van der Waals surface area contributed by atoms with Crippen molar-refractivity contribution in [3.05, 3.63) is 27.7 Å². The van der Waals surface area contributed by atoms with Crippen molar-refractivity contribution in [2.24, 2.45) is 5.92 Å². The van der Waals surface area contributed by atoms with Crippen LogP contribution in [0.1, 0.15) is 23.2 Å². The molecule has 1 atom stereocenters. The number of carbonyl (C=O) groups is 3. The summed E-state index contributed by atoms with van der Waals surface area (Å²) in [7, 11) is 1.21. The van der Waals surface area contributed by atoms with Crippen molar-refractivity contribution < 1.29 is 24.2 Å². The summed E-state index contributed by atoms with van der Waals surface area (Å²) in [5.41, 5.74) is 0.214. The maximum absolute atomic E-state index is 12.4. The summed E-state index contributed by atoms with van der Waals surface area (Å²) >= 11 is 11.8. The van der Waals surface area contributed by atoms with Crippen LogP contribution in [-0.4, -0.2) is 48.2 Å². The zero-order valence-electron chi connectivity index (χ0n) is 12.8. The highest BCUT2D eigenvalue weighted by Gasteiger charge is 2.29. The normalized spacial score (nSPS) is 17.3. The number of rotatable bonds is 3. The zero-order valence-corrected chi connectivity index (χ0v) is 14.4. The highest BCUT2D eigenvalue weighted by molar-refractivity contribution is 6.42. The van der Waals surface area contributed by atoms with Gasteiger partial charge in [-0.1, -0.05) is 23.2 Å². The van der Waals surface area contributed by atoms with E-state index in [-0.39, 0.29) is 27.8 Å². The highest BCUT2D eigenvalue weighted by Crippen LogP contribution is 2.30. The second kappa shape index (κ2) is 7.72. The van der Waals surface area contributed by atoms with E-state index in [1.165, 1.54) is 24.1 Å². The maximum atomic E-state index is 12.4. The van der Waals surface area contributed by atoms with E-state index in [4.69, 9.17) is 28.3 Å². The van der Waals surface area contributed by atoms with Crippen LogP contribution >= 0.6 is 23.2 Å². The van der Waals surface area contributed by atoms with Gasteiger partial charge < -0.3 is 20.1 Å². The number of ether oxygens (including phenoxy) is 1. The molecular formula is C15H16Cl2N2O5. The molecule has 0 radical (unpaired) electrons. The number of carboxylic acid groups (broad SMARTS) is 1. The van der Waals surface area contributed by atoms with Gasteiger partial charge in [0.15, 0.2) is 0 Å². The molecule has 1 heterocycles. The average Bonchev–Trinajstić information content (AvgIpc) is 2.57. The van der Waals surface area contributed by atoms with E-state index in [0.717, 1.165) is 0 Å². The minimum atomic E-state index is -0.933. The fraction of sp³-hybridized carbons (Fsp3) is 0.400. The molecule has 0 aliphatic carbocycles. The van der Waals surface area contributed by atoms with Crippen LogP contribution in [0.2, 0.25) is 10.0 Å². The SMILES string of the molecule is COC(=O)c1cc(Cl)c(Cl)cc1NC(=O)N1CCCC(C(=O)O)C1. The van der Waals surface area contributed by atoms with Gasteiger partial charge in [-0.3, -0.25) is 4.79 Å². The number of aliphatic carboxylic acids is 1. The zero-order chi connectivity index (χ0) is 17.9. The van der Waals surface area contributed by atoms with Crippen molar-refractivity contribution in [3.8, 4) is 0 Å². The Hall–Kier alpha value is -1.99. The third-order valence-corrected chi connectivity index (χ3v) is 4.49. The first-order chi connectivity index (χ1) is 11.3. The molecule has 7 nitrogen and oxygen atoms in total. The minimum Gasteiger partial charge on any atom is -0.481 e. The number of urea groups is 1. The number of methoxy groups -OCH3 is 1. The van der Waals surface area contributed by atoms with Crippen LogP contribution in [0.25, 0.3) is 0 Å². The summed E-state index contributed by atoms with van der Waals surface area (Å²) in [6, 6.07) is 2.15. The lowest BCUT2D eigenvalue weighted by atomic mass is 9.99. The lowest BCUT2D eigenvalue weighted by molar-refractivity contribution is -0.143. The molecule has 1 fully saturated rings. The molecule has 9 heteroatoms. The summed E-state index contributed by atoms with van der Waals surface area (Å²) in [5, 5.41) is 12.0. The Morgan fingerprint density at radius 1 is 1.29 bits per heavy atom. The topological polar surface area (TPSA) is 95.9 Å². The van der Waals surface area contributed by atoms with E-state index in [0.29, 0.717) is 19.4 Å². The van der Waals surface area contributed by atoms with Gasteiger partial charge in [0.25, 0.3) is 0 Å². The fourth-order valence-electron chi connectivity index (χ4n) is 2.49. The number of carbonyl (C=O) groups excluding carboxylic acids is 2. The molecule has 0 bridgehead atoms. The van der Waals surface area contributed by atoms with Gasteiger partial charge in [0.2, 0.25) is 0 Å². The Balaban J connectivity index is 2.20. The molecule has 1 aliphatic rings. The van der Waals surface area contributed by atoms with E-state index in [1.807, 2.05) is 0 Å². The van der Waals surface area contributed by atoms with E-state index in [9.17, 15) is 14.4 Å². The van der Waals surface area contributed by atoms with Gasteiger partial charge in [0.05, 0.1) is 34.3 Å². The van der Waals surface area contributed by atoms with E-state index < -0.39 is 23.9 Å². The van der Waals surface area contributed by atoms with Gasteiger partial charge in [0, 0.05) is 13.1 Å². The van der Waals surface area contributed by atoms with E-state index in [2.05, 4.69) is 10.1 Å². The summed E-state index contributed by atoms with van der Waals surface area (Å²) in [4.78, 5) is 36.7. The second-order valence-electron chi connectivity index (χ2n) is 5.36. The van der Waals surface area contributed by atoms with Crippen LogP contribution in [0.3, 0.4) is 0 Å². The molecule has 1 aromatic carbocycles. The standard InChI is InChI=1S/C15H16Cl2N2O5/c1-24-14(22)9-5-10(16)11(17)6-12(9)18-15(23)19-4-2-3-8(7-19)13(20)21/h5-6,8H,2-4,7H2,1H3,(H,18,23)(H,20,21). The van der Waals surface area contributed by atoms with Crippen molar-refractivity contribution in [1.82, 2.24) is 4.90 Å². The summed E-state index contributed by atoms with van der Waals surface area (Å²) in [5.74, 6) is -2.21. The van der Waals surface area contributed by atoms with E-state index in [1.54, 1.807) is 0 Å². The Labute approximate surface area is 148 Å². The smallest absolute Gasteiger partial charge is 0.340 e. The van der Waals surface area contributed by atoms with Crippen molar-refractivity contribution in [3.63, 3.8) is 0 Å². The number of carboxylic acids is 1. The lowest BCUT2D eigenvalue weighted by Crippen LogP contribution is -2.44. The number of hydrogen-bond donors (Lipinski definition) is 2. The number of anilines is 1. The van der Waals surface area contributed by atoms with Crippen molar-refractivity contribution >= 4 is 46.9 Å². The molecule has 24 heavy (non-hydrogen) atoms. The number of benzene rings is 1. The summed E-state index contributed by atoms with van der Waals surface area (Å²) in [6.45, 7) is 0.542. The Kier molecular flexibility index (Phi) is 5.90. The molecule has 0 aromatic heterocycles. The van der Waals surface area contributed by atoms with Gasteiger partial charge in [-0.05, 0) is 25.0 Å². The van der Waals surface area contributed by atoms with Crippen molar-refractivity contribution in [2.45, 2.75) is 12.8 Å². The number of halogens is 2. The van der Waals surface area contributed by atoms with Gasteiger partial charge in [-0.15, -0.1) is 0 Å². The molecule has 1 saturated heterocycles. The second-order valence-corrected chi connectivity index (χ2v) is 6.17. The first-order valence-electron chi connectivity index (χ1n) is 7.19. The molecule has 2 N–H and O–H groups in total. The quantitative estimate of drug-likeness (QED) is 0.792. The fourth-order valence-corrected chi connectivity index (χ4v) is 2.81. The van der Waals surface area contributed by atoms with Crippen molar-refractivity contribution in [2.75, 3.05) is 25.5 Å². The van der Waals surface area contributed by atoms with Crippen LogP contribution in [0.15, 0.2) is 12.1 Å². The predicted molar refractivity (Wildman–Crippen MR) is 88.8 cm³/mol. The van der Waals surface area contributed by atoms with Crippen LogP contribution in [0.4, 0.5) is 10.5 Å². The number of hydrogen-bond acceptors (Lipinski definition) is 4. The maximum Gasteiger partial charge on any atom is 0.340 e. The highest BCUT2D eigenvalue weighted by atomic mass is 35.5. The van der Waals surface area contributed by atoms with E-state index >= 15 is 0 Å². The van der Waals surface area contributed by atoms with Crippen LogP contribution in [-0.2, 0) is 9.53 Å². The Bertz CT molecular complexity index is 680. The van der Waals surface area contributed by atoms with Gasteiger partial charge in [-0.25, -0.2) is 9.59 Å². The summed E-state index contributed by atoms with van der Waals surface area (Å²) < 4.78 is 4.66. The first-order valence-corrected chi connectivity index (χ1v) is 7.95. The third kappa shape index (κ3) is 4.10. The van der Waals surface area contributed by atoms with Crippen molar-refractivity contribution in [1.29, 1.82) is 0 Å². The first kappa shape index (κ1) is 18.4. The summed E-state index contributed by atoms with van der Waals surface area (Å²) in [6.07, 6.45) is 1.12. The molecule has 0 spiro atoms. The molecule has 2 rings (SSSR count). The number of piperidine rings is 1. The number of nitrogens with zero attached hydrogens (tertiary/aromatic N) is 1. The van der Waals surface area contributed by atoms with Gasteiger partial charge in [0.1, 0.15) is 0 Å². The number of amides is 2. The van der Waals surface area contributed by atoms with Gasteiger partial charge in [-0.2, -0.15) is 0 Å². The molecule has 0 saturated carbocycles. The molecule has 1 aromatic rings.